The summed E-state index contributed by atoms with van der Waals surface area (Å²) in [4.78, 5) is 12.4. The number of anilines is 1. The molecule has 0 atom stereocenters. The number of nitrogens with two attached hydrogens (primary N) is 1. The van der Waals surface area contributed by atoms with Gasteiger partial charge in [0.1, 0.15) is 0 Å². The van der Waals surface area contributed by atoms with Crippen LogP contribution in [0.1, 0.15) is 40.9 Å². The summed E-state index contributed by atoms with van der Waals surface area (Å²) in [5.41, 5.74) is 1.52. The molecule has 1 saturated heterocycles. The third-order valence-corrected chi connectivity index (χ3v) is 7.60. The predicted octanol–water partition coefficient (Wildman–Crippen LogP) is 1.97. The highest BCUT2D eigenvalue weighted by Gasteiger charge is 2.29. The number of benzene rings is 1. The molecule has 0 bridgehead atoms. The minimum Gasteiger partial charge on any atom is -0.438 e. The molecule has 29 heavy (non-hydrogen) atoms. The van der Waals surface area contributed by atoms with E-state index in [4.69, 9.17) is 9.56 Å². The largest absolute Gasteiger partial charge is 0.438 e. The summed E-state index contributed by atoms with van der Waals surface area (Å²) in [5, 5.41) is 7.45. The lowest BCUT2D eigenvalue weighted by Gasteiger charge is -2.24. The second-order valence-electron chi connectivity index (χ2n) is 7.00. The Morgan fingerprint density at radius 3 is 2.34 bits per heavy atom. The maximum Gasteiger partial charge on any atom is 0.291 e. The van der Waals surface area contributed by atoms with Crippen LogP contribution in [0.2, 0.25) is 0 Å². The molecule has 0 aliphatic carbocycles. The second-order valence-corrected chi connectivity index (χ2v) is 10.4. The van der Waals surface area contributed by atoms with E-state index in [0.717, 1.165) is 19.3 Å². The van der Waals surface area contributed by atoms with Crippen LogP contribution < -0.4 is 10.5 Å². The van der Waals surface area contributed by atoms with Gasteiger partial charge in [0.25, 0.3) is 15.9 Å². The Morgan fingerprint density at radius 2 is 1.72 bits per heavy atom. The lowest BCUT2D eigenvalue weighted by molar-refractivity contribution is 0.0991. The molecule has 1 aromatic heterocycles. The molecule has 1 fully saturated rings. The number of primary sulfonamides is 1. The zero-order valence-electron chi connectivity index (χ0n) is 16.1. The molecule has 1 aliphatic heterocycles. The van der Waals surface area contributed by atoms with Crippen LogP contribution in [0.4, 0.5) is 5.69 Å². The van der Waals surface area contributed by atoms with Crippen LogP contribution in [0.25, 0.3) is 0 Å². The van der Waals surface area contributed by atoms with Crippen LogP contribution in [0.5, 0.6) is 0 Å². The van der Waals surface area contributed by atoms with Gasteiger partial charge >= 0.3 is 0 Å². The Labute approximate surface area is 170 Å². The van der Waals surface area contributed by atoms with E-state index in [1.165, 1.54) is 28.6 Å². The zero-order valence-corrected chi connectivity index (χ0v) is 17.8. The number of sulfonamides is 2. The molecule has 3 rings (SSSR count). The number of hydrogen-bond acceptors (Lipinski definition) is 6. The van der Waals surface area contributed by atoms with E-state index in [-0.39, 0.29) is 21.4 Å². The smallest absolute Gasteiger partial charge is 0.291 e. The molecule has 0 unspecified atom stereocenters. The van der Waals surface area contributed by atoms with Gasteiger partial charge in [-0.25, -0.2) is 22.0 Å². The Kier molecular flexibility index (Phi) is 5.86. The van der Waals surface area contributed by atoms with Crippen molar-refractivity contribution < 1.29 is 26.0 Å². The van der Waals surface area contributed by atoms with Gasteiger partial charge in [-0.05, 0) is 62.1 Å². The minimum absolute atomic E-state index is 0.135. The second kappa shape index (κ2) is 7.90. The van der Waals surface area contributed by atoms with E-state index in [1.807, 2.05) is 0 Å². The van der Waals surface area contributed by atoms with Crippen molar-refractivity contribution in [3.63, 3.8) is 0 Å². The third-order valence-electron chi connectivity index (χ3n) is 4.93. The van der Waals surface area contributed by atoms with Crippen LogP contribution in [0, 0.1) is 13.8 Å². The molecule has 158 valence electrons. The van der Waals surface area contributed by atoms with Gasteiger partial charge in [0, 0.05) is 18.8 Å². The van der Waals surface area contributed by atoms with Crippen molar-refractivity contribution in [2.24, 2.45) is 5.14 Å². The lowest BCUT2D eigenvalue weighted by Crippen LogP contribution is -2.35. The molecule has 0 saturated carbocycles. The van der Waals surface area contributed by atoms with Gasteiger partial charge in [0.2, 0.25) is 15.1 Å². The minimum atomic E-state index is -3.95. The average Bonchev–Trinajstić information content (AvgIpc) is 3.16. The maximum atomic E-state index is 12.7. The summed E-state index contributed by atoms with van der Waals surface area (Å²) in [6.45, 7) is 4.24. The fourth-order valence-electron chi connectivity index (χ4n) is 3.12. The standard InChI is InChI=1S/C18H23N3O6S2/c1-12-10-14(28(19,23)24)11-15(13(12)2)20-18(22)16-6-7-17(27-16)29(25,26)21-8-4-3-5-9-21/h6-7,10-11H,3-5,8-9H2,1-2H3,(H,20,22)(H2,19,23,24). The summed E-state index contributed by atoms with van der Waals surface area (Å²) in [6.07, 6.45) is 2.55. The van der Waals surface area contributed by atoms with E-state index in [9.17, 15) is 21.6 Å². The van der Waals surface area contributed by atoms with Crippen LogP contribution in [0.15, 0.2) is 38.7 Å². The van der Waals surface area contributed by atoms with Gasteiger partial charge in [-0.2, -0.15) is 4.31 Å². The molecule has 9 nitrogen and oxygen atoms in total. The summed E-state index contributed by atoms with van der Waals surface area (Å²) in [5.74, 6) is -0.891. The van der Waals surface area contributed by atoms with Crippen molar-refractivity contribution in [2.75, 3.05) is 18.4 Å². The van der Waals surface area contributed by atoms with E-state index in [2.05, 4.69) is 5.32 Å². The van der Waals surface area contributed by atoms with Crippen molar-refractivity contribution in [1.29, 1.82) is 0 Å². The fraction of sp³-hybridized carbons (Fsp3) is 0.389. The number of nitrogens with one attached hydrogen (secondary N) is 1. The van der Waals surface area contributed by atoms with Crippen LogP contribution in [0.3, 0.4) is 0 Å². The third kappa shape index (κ3) is 4.53. The van der Waals surface area contributed by atoms with Gasteiger partial charge in [0.15, 0.2) is 5.76 Å². The van der Waals surface area contributed by atoms with Gasteiger partial charge in [-0.3, -0.25) is 4.79 Å². The quantitative estimate of drug-likeness (QED) is 0.727. The molecule has 0 spiro atoms. The highest BCUT2D eigenvalue weighted by atomic mass is 32.2. The number of aryl methyl sites for hydroxylation is 1. The fourth-order valence-corrected chi connectivity index (χ4v) is 5.17. The molecular weight excluding hydrogens is 418 g/mol. The molecule has 2 aromatic rings. The molecule has 1 aromatic carbocycles. The maximum absolute atomic E-state index is 12.7. The first-order valence-corrected chi connectivity index (χ1v) is 12.0. The number of furan rings is 1. The number of carbonyl (C=O) groups is 1. The summed E-state index contributed by atoms with van der Waals surface area (Å²) in [7, 11) is -7.75. The summed E-state index contributed by atoms with van der Waals surface area (Å²) < 4.78 is 55.3. The average molecular weight is 442 g/mol. The normalized spacial score (nSPS) is 16.0. The Balaban J connectivity index is 1.85. The summed E-state index contributed by atoms with van der Waals surface area (Å²) >= 11 is 0. The number of piperidine rings is 1. The number of hydrogen-bond donors (Lipinski definition) is 2. The Bertz CT molecular complexity index is 1150. The van der Waals surface area contributed by atoms with Crippen LogP contribution in [-0.2, 0) is 20.0 Å². The number of amides is 1. The number of carbonyl (C=O) groups excluding carboxylic acids is 1. The van der Waals surface area contributed by atoms with Crippen molar-refractivity contribution >= 4 is 31.6 Å². The molecule has 0 radical (unpaired) electrons. The molecule has 11 heteroatoms. The number of rotatable bonds is 5. The van der Waals surface area contributed by atoms with E-state index >= 15 is 0 Å². The zero-order chi connectivity index (χ0) is 21.4. The predicted molar refractivity (Wildman–Crippen MR) is 107 cm³/mol. The van der Waals surface area contributed by atoms with Crippen molar-refractivity contribution in [2.45, 2.75) is 43.1 Å². The van der Waals surface area contributed by atoms with Gasteiger partial charge in [-0.1, -0.05) is 6.42 Å². The Hall–Kier alpha value is -2.21. The first-order chi connectivity index (χ1) is 13.5. The highest BCUT2D eigenvalue weighted by Crippen LogP contribution is 2.26. The van der Waals surface area contributed by atoms with E-state index < -0.39 is 26.0 Å². The van der Waals surface area contributed by atoms with Crippen molar-refractivity contribution in [1.82, 2.24) is 4.31 Å². The molecule has 1 amide bonds. The van der Waals surface area contributed by atoms with E-state index in [0.29, 0.717) is 24.2 Å². The lowest BCUT2D eigenvalue weighted by atomic mass is 10.1. The van der Waals surface area contributed by atoms with Gasteiger partial charge < -0.3 is 9.73 Å². The van der Waals surface area contributed by atoms with Gasteiger partial charge in [0.05, 0.1) is 4.90 Å². The van der Waals surface area contributed by atoms with Crippen molar-refractivity contribution in [3.8, 4) is 0 Å². The van der Waals surface area contributed by atoms with E-state index in [1.54, 1.807) is 13.8 Å². The van der Waals surface area contributed by atoms with Crippen molar-refractivity contribution in [3.05, 3.63) is 41.2 Å². The molecular formula is C18H23N3O6S2. The highest BCUT2D eigenvalue weighted by molar-refractivity contribution is 7.89. The molecule has 2 heterocycles. The first kappa shape index (κ1) is 21.5. The topological polar surface area (TPSA) is 140 Å². The molecule has 1 aliphatic rings. The van der Waals surface area contributed by atoms with Gasteiger partial charge in [-0.15, -0.1) is 0 Å². The summed E-state index contributed by atoms with van der Waals surface area (Å²) in [6, 6.07) is 5.19. The number of nitrogens with zero attached hydrogens (tertiary/aromatic N) is 1. The first-order valence-electron chi connectivity index (χ1n) is 9.05. The molecule has 3 N–H and O–H groups in total. The van der Waals surface area contributed by atoms with Crippen LogP contribution in [-0.4, -0.2) is 40.1 Å². The SMILES string of the molecule is Cc1cc(S(N)(=O)=O)cc(NC(=O)c2ccc(S(=O)(=O)N3CCCCC3)o2)c1C. The monoisotopic (exact) mass is 441 g/mol. The Morgan fingerprint density at radius 1 is 1.07 bits per heavy atom. The van der Waals surface area contributed by atoms with Crippen LogP contribution >= 0.6 is 0 Å².